The largest absolute Gasteiger partial charge is 0.353 e. The van der Waals surface area contributed by atoms with E-state index in [0.717, 1.165) is 53.7 Å². The Hall–Kier alpha value is -1.44. The first-order valence-electron chi connectivity index (χ1n) is 9.22. The van der Waals surface area contributed by atoms with E-state index >= 15 is 0 Å². The number of hydrogen-bond donors (Lipinski definition) is 3. The lowest BCUT2D eigenvalue weighted by Crippen LogP contribution is -2.43. The van der Waals surface area contributed by atoms with Crippen molar-refractivity contribution in [1.29, 1.82) is 0 Å². The first-order valence-corrected chi connectivity index (χ1v) is 10.7. The molecular formula is C19H31N3O3S. The second-order valence-corrected chi connectivity index (χ2v) is 8.90. The fourth-order valence-corrected chi connectivity index (χ4v) is 5.13. The van der Waals surface area contributed by atoms with Crippen molar-refractivity contribution in [2.45, 2.75) is 64.8 Å². The van der Waals surface area contributed by atoms with Crippen molar-refractivity contribution >= 4 is 15.9 Å². The van der Waals surface area contributed by atoms with Crippen LogP contribution in [-0.2, 0) is 14.8 Å². The molecule has 1 aliphatic rings. The molecule has 1 aliphatic heterocycles. The van der Waals surface area contributed by atoms with E-state index in [1.165, 1.54) is 0 Å². The van der Waals surface area contributed by atoms with Gasteiger partial charge >= 0.3 is 0 Å². The van der Waals surface area contributed by atoms with Crippen LogP contribution in [0.2, 0.25) is 0 Å². The summed E-state index contributed by atoms with van der Waals surface area (Å²) < 4.78 is 28.2. The monoisotopic (exact) mass is 381 g/mol. The lowest BCUT2D eigenvalue weighted by atomic mass is 9.95. The number of rotatable bonds is 6. The minimum Gasteiger partial charge on any atom is -0.353 e. The van der Waals surface area contributed by atoms with Crippen LogP contribution in [0.15, 0.2) is 4.90 Å². The van der Waals surface area contributed by atoms with Crippen molar-refractivity contribution in [2.75, 3.05) is 19.6 Å². The van der Waals surface area contributed by atoms with Gasteiger partial charge in [0.05, 0.1) is 4.90 Å². The number of sulfonamides is 1. The van der Waals surface area contributed by atoms with E-state index in [2.05, 4.69) is 15.4 Å². The van der Waals surface area contributed by atoms with Crippen LogP contribution in [0.25, 0.3) is 0 Å². The van der Waals surface area contributed by atoms with Gasteiger partial charge < -0.3 is 10.6 Å². The summed E-state index contributed by atoms with van der Waals surface area (Å²) in [6, 6.07) is 0.187. The Morgan fingerprint density at radius 1 is 0.962 bits per heavy atom. The molecule has 26 heavy (non-hydrogen) atoms. The molecule has 0 radical (unpaired) electrons. The Balaban J connectivity index is 2.02. The van der Waals surface area contributed by atoms with E-state index in [4.69, 9.17) is 0 Å². The summed E-state index contributed by atoms with van der Waals surface area (Å²) in [5, 5.41) is 6.23. The molecule has 0 atom stereocenters. The fourth-order valence-electron chi connectivity index (χ4n) is 3.51. The van der Waals surface area contributed by atoms with Gasteiger partial charge in [-0.2, -0.15) is 0 Å². The van der Waals surface area contributed by atoms with Gasteiger partial charge in [0.15, 0.2) is 0 Å². The van der Waals surface area contributed by atoms with E-state index < -0.39 is 10.0 Å². The van der Waals surface area contributed by atoms with Crippen LogP contribution in [0, 0.1) is 34.6 Å². The SMILES string of the molecule is Cc1c(C)c(C)c(S(=O)(=O)NCCC(=O)NC2CCNCC2)c(C)c1C. The van der Waals surface area contributed by atoms with Crippen LogP contribution in [-0.4, -0.2) is 40.0 Å². The maximum Gasteiger partial charge on any atom is 0.241 e. The summed E-state index contributed by atoms with van der Waals surface area (Å²) in [6.07, 6.45) is 1.97. The Morgan fingerprint density at radius 2 is 1.46 bits per heavy atom. The molecule has 1 aromatic carbocycles. The molecule has 2 rings (SSSR count). The first-order chi connectivity index (χ1) is 12.1. The van der Waals surface area contributed by atoms with Gasteiger partial charge in [-0.05, 0) is 88.4 Å². The summed E-state index contributed by atoms with van der Waals surface area (Å²) in [5.41, 5.74) is 4.67. The minimum atomic E-state index is -3.65. The van der Waals surface area contributed by atoms with Crippen molar-refractivity contribution in [3.05, 3.63) is 27.8 Å². The Morgan fingerprint density at radius 3 is 2.00 bits per heavy atom. The molecule has 146 valence electrons. The Kier molecular flexibility index (Phi) is 6.82. The summed E-state index contributed by atoms with van der Waals surface area (Å²) in [7, 11) is -3.65. The molecule has 0 unspecified atom stereocenters. The smallest absolute Gasteiger partial charge is 0.241 e. The second-order valence-electron chi connectivity index (χ2n) is 7.19. The summed E-state index contributed by atoms with van der Waals surface area (Å²) in [5.74, 6) is -0.107. The third kappa shape index (κ3) is 4.64. The number of hydrogen-bond acceptors (Lipinski definition) is 4. The molecule has 6 nitrogen and oxygen atoms in total. The van der Waals surface area contributed by atoms with Crippen LogP contribution in [0.4, 0.5) is 0 Å². The first kappa shape index (κ1) is 20.9. The third-order valence-electron chi connectivity index (χ3n) is 5.55. The maximum atomic E-state index is 12.8. The van der Waals surface area contributed by atoms with Crippen molar-refractivity contribution in [3.63, 3.8) is 0 Å². The van der Waals surface area contributed by atoms with Crippen molar-refractivity contribution in [2.24, 2.45) is 0 Å². The fraction of sp³-hybridized carbons (Fsp3) is 0.632. The molecule has 1 amide bonds. The topological polar surface area (TPSA) is 87.3 Å². The highest BCUT2D eigenvalue weighted by atomic mass is 32.2. The summed E-state index contributed by atoms with van der Waals surface area (Å²) in [4.78, 5) is 12.4. The van der Waals surface area contributed by atoms with Crippen LogP contribution in [0.5, 0.6) is 0 Å². The normalized spacial score (nSPS) is 15.9. The van der Waals surface area contributed by atoms with Gasteiger partial charge in [-0.25, -0.2) is 13.1 Å². The van der Waals surface area contributed by atoms with Crippen molar-refractivity contribution in [3.8, 4) is 0 Å². The van der Waals surface area contributed by atoms with Crippen LogP contribution < -0.4 is 15.4 Å². The highest BCUT2D eigenvalue weighted by Gasteiger charge is 2.23. The maximum absolute atomic E-state index is 12.8. The van der Waals surface area contributed by atoms with Gasteiger partial charge in [-0.1, -0.05) is 0 Å². The van der Waals surface area contributed by atoms with Gasteiger partial charge in [0.25, 0.3) is 0 Å². The van der Waals surface area contributed by atoms with Crippen LogP contribution >= 0.6 is 0 Å². The highest BCUT2D eigenvalue weighted by Crippen LogP contribution is 2.29. The molecule has 1 saturated heterocycles. The van der Waals surface area contributed by atoms with Crippen LogP contribution in [0.3, 0.4) is 0 Å². The number of nitrogens with one attached hydrogen (secondary N) is 3. The number of piperidine rings is 1. The number of carbonyl (C=O) groups excluding carboxylic acids is 1. The second kappa shape index (κ2) is 8.50. The molecule has 7 heteroatoms. The predicted molar refractivity (Wildman–Crippen MR) is 104 cm³/mol. The zero-order chi connectivity index (χ0) is 19.5. The lowest BCUT2D eigenvalue weighted by molar-refractivity contribution is -0.121. The predicted octanol–water partition coefficient (Wildman–Crippen LogP) is 1.77. The van der Waals surface area contributed by atoms with Gasteiger partial charge in [0.2, 0.25) is 15.9 Å². The number of amides is 1. The van der Waals surface area contributed by atoms with E-state index in [1.54, 1.807) is 0 Å². The van der Waals surface area contributed by atoms with Gasteiger partial charge in [0.1, 0.15) is 0 Å². The van der Waals surface area contributed by atoms with E-state index in [0.29, 0.717) is 4.90 Å². The van der Waals surface area contributed by atoms with Gasteiger partial charge in [-0.15, -0.1) is 0 Å². The zero-order valence-electron chi connectivity index (χ0n) is 16.5. The minimum absolute atomic E-state index is 0.101. The average molecular weight is 382 g/mol. The Labute approximate surface area is 157 Å². The lowest BCUT2D eigenvalue weighted by Gasteiger charge is -2.23. The molecule has 1 aromatic rings. The van der Waals surface area contributed by atoms with E-state index in [-0.39, 0.29) is 24.9 Å². The van der Waals surface area contributed by atoms with Crippen molar-refractivity contribution < 1.29 is 13.2 Å². The number of carbonyl (C=O) groups is 1. The standard InChI is InChI=1S/C19H31N3O3S/c1-12-13(2)15(4)19(16(5)14(12)3)26(24,25)21-11-8-18(23)22-17-6-9-20-10-7-17/h17,20-21H,6-11H2,1-5H3,(H,22,23). The molecule has 1 fully saturated rings. The van der Waals surface area contributed by atoms with Gasteiger partial charge in [-0.3, -0.25) is 4.79 Å². The molecule has 0 saturated carbocycles. The summed E-state index contributed by atoms with van der Waals surface area (Å²) in [6.45, 7) is 11.5. The third-order valence-corrected chi connectivity index (χ3v) is 7.28. The highest BCUT2D eigenvalue weighted by molar-refractivity contribution is 7.89. The van der Waals surface area contributed by atoms with E-state index in [9.17, 15) is 13.2 Å². The molecular weight excluding hydrogens is 350 g/mol. The van der Waals surface area contributed by atoms with E-state index in [1.807, 2.05) is 34.6 Å². The van der Waals surface area contributed by atoms with Gasteiger partial charge in [0, 0.05) is 19.0 Å². The summed E-state index contributed by atoms with van der Waals surface area (Å²) >= 11 is 0. The zero-order valence-corrected chi connectivity index (χ0v) is 17.3. The molecule has 0 aromatic heterocycles. The molecule has 1 heterocycles. The average Bonchev–Trinajstić information content (AvgIpc) is 2.59. The molecule has 0 aliphatic carbocycles. The molecule has 3 N–H and O–H groups in total. The number of benzene rings is 1. The quantitative estimate of drug-likeness (QED) is 0.701. The molecule has 0 bridgehead atoms. The van der Waals surface area contributed by atoms with Crippen LogP contribution in [0.1, 0.15) is 47.1 Å². The van der Waals surface area contributed by atoms with Crippen molar-refractivity contribution in [1.82, 2.24) is 15.4 Å². The molecule has 0 spiro atoms. The Bertz CT molecular complexity index is 753.